The minimum Gasteiger partial charge on any atom is -0.369 e. The Balaban J connectivity index is 1.66. The second-order valence-electron chi connectivity index (χ2n) is 10.0. The number of anilines is 1. The molecule has 0 saturated heterocycles. The van der Waals surface area contributed by atoms with Gasteiger partial charge >= 0.3 is 6.18 Å². The number of benzene rings is 2. The number of nitrogens with two attached hydrogens (primary N) is 1. The van der Waals surface area contributed by atoms with E-state index in [1.54, 1.807) is 42.5 Å². The van der Waals surface area contributed by atoms with Gasteiger partial charge in [0.2, 0.25) is 23.9 Å². The van der Waals surface area contributed by atoms with E-state index in [4.69, 9.17) is 17.3 Å². The Morgan fingerprint density at radius 1 is 1.10 bits per heavy atom. The lowest BCUT2D eigenvalue weighted by Crippen LogP contribution is -2.49. The minimum atomic E-state index is -4.67. The predicted octanol–water partition coefficient (Wildman–Crippen LogP) is 5.07. The van der Waals surface area contributed by atoms with Crippen LogP contribution in [-0.2, 0) is 14.4 Å². The van der Waals surface area contributed by atoms with E-state index in [1.807, 2.05) is 0 Å². The largest absolute Gasteiger partial charge is 0.389 e. The zero-order valence-corrected chi connectivity index (χ0v) is 21.7. The lowest BCUT2D eigenvalue weighted by atomic mass is 9.72. The molecule has 4 N–H and O–H groups in total. The summed E-state index contributed by atoms with van der Waals surface area (Å²) in [6, 6.07) is 13.5. The Hall–Kier alpha value is -3.54. The molecule has 1 aliphatic carbocycles. The van der Waals surface area contributed by atoms with Crippen molar-refractivity contribution in [2.75, 3.05) is 5.32 Å². The molecule has 2 aliphatic rings. The molecule has 2 unspecified atom stereocenters. The molecule has 0 aromatic heterocycles. The number of para-hydroxylation sites is 1. The summed E-state index contributed by atoms with van der Waals surface area (Å²) in [6.07, 6.45) is -9.93. The number of hydrogen-bond acceptors (Lipinski definition) is 4. The van der Waals surface area contributed by atoms with Crippen LogP contribution in [0.25, 0.3) is 0 Å². The second-order valence-corrected chi connectivity index (χ2v) is 10.4. The lowest BCUT2D eigenvalue weighted by Gasteiger charge is -2.38. The van der Waals surface area contributed by atoms with Gasteiger partial charge in [0.15, 0.2) is 0 Å². The van der Waals surface area contributed by atoms with Crippen molar-refractivity contribution in [3.63, 3.8) is 0 Å². The van der Waals surface area contributed by atoms with Gasteiger partial charge in [0.05, 0.1) is 16.4 Å². The molecule has 1 fully saturated rings. The molecule has 214 valence electrons. The van der Waals surface area contributed by atoms with Crippen molar-refractivity contribution in [1.29, 1.82) is 0 Å². The van der Waals surface area contributed by atoms with E-state index in [2.05, 4.69) is 15.6 Å². The third-order valence-electron chi connectivity index (χ3n) is 7.04. The van der Waals surface area contributed by atoms with Gasteiger partial charge in [-0.05, 0) is 24.8 Å². The molecule has 7 nitrogen and oxygen atoms in total. The highest BCUT2D eigenvalue weighted by atomic mass is 35.5. The molecule has 1 heterocycles. The zero-order chi connectivity index (χ0) is 29.2. The molecule has 3 amide bonds. The molecule has 0 spiro atoms. The molecule has 0 radical (unpaired) electrons. The van der Waals surface area contributed by atoms with Gasteiger partial charge in [-0.15, -0.1) is 0 Å². The van der Waals surface area contributed by atoms with Crippen molar-refractivity contribution in [1.82, 2.24) is 5.32 Å². The Morgan fingerprint density at radius 2 is 1.77 bits per heavy atom. The number of fused-ring (bicyclic) bond motifs is 1. The van der Waals surface area contributed by atoms with Crippen molar-refractivity contribution >= 4 is 40.7 Å². The van der Waals surface area contributed by atoms with E-state index in [9.17, 15) is 36.3 Å². The van der Waals surface area contributed by atoms with Crippen LogP contribution >= 0.6 is 11.6 Å². The number of rotatable bonds is 9. The Morgan fingerprint density at radius 3 is 2.38 bits per heavy atom. The van der Waals surface area contributed by atoms with Crippen LogP contribution in [0.5, 0.6) is 0 Å². The van der Waals surface area contributed by atoms with Gasteiger partial charge in [-0.25, -0.2) is 13.8 Å². The summed E-state index contributed by atoms with van der Waals surface area (Å²) in [5, 5.41) is 5.14. The molecular formula is C27H26ClF5N4O3. The summed E-state index contributed by atoms with van der Waals surface area (Å²) in [4.78, 5) is 43.3. The van der Waals surface area contributed by atoms with Crippen molar-refractivity contribution in [2.24, 2.45) is 28.5 Å². The highest BCUT2D eigenvalue weighted by Crippen LogP contribution is 2.46. The maximum absolute atomic E-state index is 13.4. The van der Waals surface area contributed by atoms with Gasteiger partial charge in [0.25, 0.3) is 5.91 Å². The van der Waals surface area contributed by atoms with E-state index in [0.29, 0.717) is 11.1 Å². The average molecular weight is 585 g/mol. The Labute approximate surface area is 231 Å². The van der Waals surface area contributed by atoms with Gasteiger partial charge < -0.3 is 16.4 Å². The van der Waals surface area contributed by atoms with Gasteiger partial charge in [0.1, 0.15) is 0 Å². The highest BCUT2D eigenvalue weighted by molar-refractivity contribution is 6.36. The number of primary amides is 1. The number of carbonyl (C=O) groups excluding carboxylic acids is 3. The fourth-order valence-corrected chi connectivity index (χ4v) is 5.31. The van der Waals surface area contributed by atoms with Crippen molar-refractivity contribution in [3.8, 4) is 0 Å². The normalized spacial score (nSPS) is 20.2. The van der Waals surface area contributed by atoms with Crippen LogP contribution in [0.2, 0.25) is 5.02 Å². The molecule has 1 saturated carbocycles. The smallest absolute Gasteiger partial charge is 0.369 e. The van der Waals surface area contributed by atoms with E-state index in [1.165, 1.54) is 6.07 Å². The first-order valence-corrected chi connectivity index (χ1v) is 12.9. The fraction of sp³-hybridized carbons (Fsp3) is 0.407. The molecule has 13 heteroatoms. The van der Waals surface area contributed by atoms with Gasteiger partial charge in [-0.2, -0.15) is 13.2 Å². The third-order valence-corrected chi connectivity index (χ3v) is 7.35. The molecular weight excluding hydrogens is 559 g/mol. The summed E-state index contributed by atoms with van der Waals surface area (Å²) in [6.45, 7) is 0. The number of nitrogens with one attached hydrogen (secondary N) is 2. The van der Waals surface area contributed by atoms with Crippen LogP contribution in [0.3, 0.4) is 0 Å². The van der Waals surface area contributed by atoms with Crippen LogP contribution < -0.4 is 16.4 Å². The van der Waals surface area contributed by atoms with Crippen LogP contribution in [0.1, 0.15) is 43.2 Å². The van der Waals surface area contributed by atoms with Crippen LogP contribution in [0.15, 0.2) is 53.5 Å². The van der Waals surface area contributed by atoms with Gasteiger partial charge in [0, 0.05) is 42.2 Å². The Bertz CT molecular complexity index is 1310. The van der Waals surface area contributed by atoms with E-state index >= 15 is 0 Å². The second kappa shape index (κ2) is 11.5. The van der Waals surface area contributed by atoms with Crippen molar-refractivity contribution in [3.05, 3.63) is 64.7 Å². The fourth-order valence-electron chi connectivity index (χ4n) is 5.09. The van der Waals surface area contributed by atoms with Crippen LogP contribution in [-0.4, -0.2) is 41.7 Å². The topological polar surface area (TPSA) is 114 Å². The SMILES string of the molecule is NC(=O)C(CC1CC(F)(F)C1)C(CCC(F)(F)F)C(=O)N[C@H]1N=C(c2ccccc2)c2cccc(Cl)c2NC1=O. The standard InChI is InChI=1S/C27H26ClF5N4O3/c28-19-8-4-7-17-20(15-5-2-1-3-6-15)35-23(25(40)36-21(17)19)37-24(39)16(9-10-27(31,32)33)18(22(34)38)11-14-12-26(29,30)13-14/h1-8,14,16,18,23H,9-13H2,(H2,34,38)(H,36,40)(H,37,39)/t16?,18?,23-/m1/s1. The number of halogens is 6. The average Bonchev–Trinajstić information content (AvgIpc) is 2.99. The quantitative estimate of drug-likeness (QED) is 0.358. The molecule has 2 aromatic rings. The van der Waals surface area contributed by atoms with Crippen LogP contribution in [0, 0.1) is 17.8 Å². The highest BCUT2D eigenvalue weighted by Gasteiger charge is 2.48. The van der Waals surface area contributed by atoms with Crippen molar-refractivity contribution < 1.29 is 36.3 Å². The predicted molar refractivity (Wildman–Crippen MR) is 138 cm³/mol. The van der Waals surface area contributed by atoms with E-state index in [0.717, 1.165) is 0 Å². The maximum Gasteiger partial charge on any atom is 0.389 e. The first kappa shape index (κ1) is 29.4. The van der Waals surface area contributed by atoms with Crippen molar-refractivity contribution in [2.45, 2.75) is 50.4 Å². The van der Waals surface area contributed by atoms with Gasteiger partial charge in [-0.3, -0.25) is 14.4 Å². The number of nitrogens with zero attached hydrogens (tertiary/aromatic N) is 1. The number of alkyl halides is 5. The number of aliphatic imine (C=N–C) groups is 1. The Kier molecular flexibility index (Phi) is 8.48. The molecule has 4 rings (SSSR count). The summed E-state index contributed by atoms with van der Waals surface area (Å²) < 4.78 is 66.2. The molecule has 40 heavy (non-hydrogen) atoms. The summed E-state index contributed by atoms with van der Waals surface area (Å²) in [7, 11) is 0. The minimum absolute atomic E-state index is 0.190. The molecule has 0 bridgehead atoms. The number of benzodiazepines with no additional fused rings is 1. The third kappa shape index (κ3) is 6.96. The lowest BCUT2D eigenvalue weighted by molar-refractivity contribution is -0.149. The number of carbonyl (C=O) groups is 3. The van der Waals surface area contributed by atoms with Crippen LogP contribution in [0.4, 0.5) is 27.6 Å². The monoisotopic (exact) mass is 584 g/mol. The summed E-state index contributed by atoms with van der Waals surface area (Å²) in [5.74, 6) is -9.70. The summed E-state index contributed by atoms with van der Waals surface area (Å²) in [5.41, 5.74) is 6.97. The summed E-state index contributed by atoms with van der Waals surface area (Å²) >= 11 is 6.32. The molecule has 1 aliphatic heterocycles. The molecule has 3 atom stereocenters. The first-order chi connectivity index (χ1) is 18.7. The van der Waals surface area contributed by atoms with E-state index < -0.39 is 79.4 Å². The zero-order valence-electron chi connectivity index (χ0n) is 21.0. The van der Waals surface area contributed by atoms with Gasteiger partial charge in [-0.1, -0.05) is 54.1 Å². The first-order valence-electron chi connectivity index (χ1n) is 12.5. The number of amides is 3. The maximum atomic E-state index is 13.4. The van der Waals surface area contributed by atoms with E-state index in [-0.39, 0.29) is 22.8 Å². The molecule has 2 aromatic carbocycles. The number of hydrogen-bond donors (Lipinski definition) is 3.